The van der Waals surface area contributed by atoms with Crippen molar-refractivity contribution in [1.29, 1.82) is 0 Å². The molecule has 0 saturated carbocycles. The van der Waals surface area contributed by atoms with Crippen molar-refractivity contribution >= 4 is 5.78 Å². The van der Waals surface area contributed by atoms with Crippen molar-refractivity contribution in [2.24, 2.45) is 5.92 Å². The predicted molar refractivity (Wildman–Crippen MR) is 54.8 cm³/mol. The van der Waals surface area contributed by atoms with Crippen molar-refractivity contribution in [2.75, 3.05) is 13.7 Å². The Morgan fingerprint density at radius 2 is 2.15 bits per heavy atom. The first-order valence-electron chi connectivity index (χ1n) is 5.21. The first kappa shape index (κ1) is 12.6. The van der Waals surface area contributed by atoms with Crippen LogP contribution in [0.5, 0.6) is 0 Å². The molecule has 0 aromatic heterocycles. The van der Waals surface area contributed by atoms with Gasteiger partial charge in [-0.15, -0.1) is 0 Å². The van der Waals surface area contributed by atoms with Crippen molar-refractivity contribution < 1.29 is 9.53 Å². The molecule has 0 spiro atoms. The van der Waals surface area contributed by atoms with Crippen molar-refractivity contribution in [2.45, 2.75) is 46.0 Å². The molecule has 78 valence electrons. The number of Topliss-reactive ketones (excluding diaryl/α,β-unsaturated/α-hetero) is 1. The molecule has 0 rings (SSSR count). The molecule has 0 N–H and O–H groups in total. The van der Waals surface area contributed by atoms with Gasteiger partial charge in [-0.1, -0.05) is 26.7 Å². The van der Waals surface area contributed by atoms with Gasteiger partial charge in [0.15, 0.2) is 0 Å². The number of hydrogen-bond acceptors (Lipinski definition) is 2. The zero-order valence-corrected chi connectivity index (χ0v) is 9.14. The summed E-state index contributed by atoms with van der Waals surface area (Å²) >= 11 is 0. The van der Waals surface area contributed by atoms with Gasteiger partial charge >= 0.3 is 0 Å². The number of rotatable bonds is 8. The molecule has 13 heavy (non-hydrogen) atoms. The number of ether oxygens (including phenoxy) is 1. The summed E-state index contributed by atoms with van der Waals surface area (Å²) < 4.78 is 4.89. The molecule has 0 heterocycles. The quantitative estimate of drug-likeness (QED) is 0.545. The number of methoxy groups -OCH3 is 1. The molecule has 0 saturated heterocycles. The summed E-state index contributed by atoms with van der Waals surface area (Å²) in [5.74, 6) is 0.943. The Hall–Kier alpha value is -0.370. The maximum Gasteiger partial charge on any atom is 0.133 e. The standard InChI is InChI=1S/C11H22O2/c1-4-6-10(2)9-11(12)7-5-8-13-3/h10H,4-9H2,1-3H3. The molecule has 0 bridgehead atoms. The monoisotopic (exact) mass is 186 g/mol. The van der Waals surface area contributed by atoms with Crippen LogP contribution in [0, 0.1) is 5.92 Å². The van der Waals surface area contributed by atoms with Gasteiger partial charge in [0.2, 0.25) is 0 Å². The van der Waals surface area contributed by atoms with E-state index in [9.17, 15) is 4.79 Å². The summed E-state index contributed by atoms with van der Waals surface area (Å²) in [7, 11) is 1.67. The van der Waals surface area contributed by atoms with Gasteiger partial charge in [-0.3, -0.25) is 4.79 Å². The van der Waals surface area contributed by atoms with E-state index in [1.54, 1.807) is 7.11 Å². The maximum absolute atomic E-state index is 11.3. The Bertz CT molecular complexity index is 132. The van der Waals surface area contributed by atoms with Gasteiger partial charge in [0, 0.05) is 26.6 Å². The van der Waals surface area contributed by atoms with E-state index in [-0.39, 0.29) is 0 Å². The van der Waals surface area contributed by atoms with Crippen LogP contribution in [0.1, 0.15) is 46.0 Å². The molecule has 0 aromatic rings. The highest BCUT2D eigenvalue weighted by molar-refractivity contribution is 5.78. The van der Waals surface area contributed by atoms with E-state index in [1.807, 2.05) is 0 Å². The fraction of sp³-hybridized carbons (Fsp3) is 0.909. The fourth-order valence-corrected chi connectivity index (χ4v) is 1.50. The largest absolute Gasteiger partial charge is 0.385 e. The molecule has 0 radical (unpaired) electrons. The van der Waals surface area contributed by atoms with E-state index < -0.39 is 0 Å². The zero-order chi connectivity index (χ0) is 10.1. The molecule has 2 nitrogen and oxygen atoms in total. The van der Waals surface area contributed by atoms with E-state index in [4.69, 9.17) is 4.74 Å². The summed E-state index contributed by atoms with van der Waals surface area (Å²) in [6.07, 6.45) is 4.64. The highest BCUT2D eigenvalue weighted by Crippen LogP contribution is 2.11. The minimum atomic E-state index is 0.387. The molecular weight excluding hydrogens is 164 g/mol. The Kier molecular flexibility index (Phi) is 8.00. The molecule has 1 atom stereocenters. The van der Waals surface area contributed by atoms with E-state index in [1.165, 1.54) is 6.42 Å². The third kappa shape index (κ3) is 7.97. The van der Waals surface area contributed by atoms with E-state index in [2.05, 4.69) is 13.8 Å². The summed E-state index contributed by atoms with van der Waals surface area (Å²) in [6.45, 7) is 5.01. The molecule has 0 fully saturated rings. The molecule has 0 aromatic carbocycles. The van der Waals surface area contributed by atoms with Crippen molar-refractivity contribution in [3.63, 3.8) is 0 Å². The van der Waals surface area contributed by atoms with Crippen LogP contribution in [0.15, 0.2) is 0 Å². The van der Waals surface area contributed by atoms with Crippen molar-refractivity contribution in [1.82, 2.24) is 0 Å². The van der Waals surface area contributed by atoms with Gasteiger partial charge < -0.3 is 4.74 Å². The second kappa shape index (κ2) is 8.24. The lowest BCUT2D eigenvalue weighted by molar-refractivity contribution is -0.120. The van der Waals surface area contributed by atoms with E-state index >= 15 is 0 Å². The third-order valence-corrected chi connectivity index (χ3v) is 2.16. The Morgan fingerprint density at radius 1 is 1.46 bits per heavy atom. The Morgan fingerprint density at radius 3 is 2.69 bits per heavy atom. The fourth-order valence-electron chi connectivity index (χ4n) is 1.50. The zero-order valence-electron chi connectivity index (χ0n) is 9.14. The maximum atomic E-state index is 11.3. The van der Waals surface area contributed by atoms with Crippen molar-refractivity contribution in [3.05, 3.63) is 0 Å². The Balaban J connectivity index is 3.38. The Labute approximate surface area is 81.7 Å². The van der Waals surface area contributed by atoms with Gasteiger partial charge in [-0.05, 0) is 12.3 Å². The summed E-state index contributed by atoms with van der Waals surface area (Å²) in [5.41, 5.74) is 0. The normalized spacial score (nSPS) is 12.8. The smallest absolute Gasteiger partial charge is 0.133 e. The highest BCUT2D eigenvalue weighted by Gasteiger charge is 2.07. The van der Waals surface area contributed by atoms with Gasteiger partial charge in [-0.25, -0.2) is 0 Å². The molecule has 1 unspecified atom stereocenters. The number of hydrogen-bond donors (Lipinski definition) is 0. The molecule has 0 aliphatic heterocycles. The topological polar surface area (TPSA) is 26.3 Å². The average Bonchev–Trinajstić information content (AvgIpc) is 2.05. The number of carbonyl (C=O) groups excluding carboxylic acids is 1. The van der Waals surface area contributed by atoms with E-state index in [0.717, 1.165) is 19.3 Å². The van der Waals surface area contributed by atoms with Crippen molar-refractivity contribution in [3.8, 4) is 0 Å². The second-order valence-corrected chi connectivity index (χ2v) is 3.73. The molecule has 0 aliphatic carbocycles. The lowest BCUT2D eigenvalue weighted by Gasteiger charge is -2.08. The van der Waals surface area contributed by atoms with Gasteiger partial charge in [0.25, 0.3) is 0 Å². The number of carbonyl (C=O) groups is 1. The van der Waals surface area contributed by atoms with Gasteiger partial charge in [0.05, 0.1) is 0 Å². The first-order chi connectivity index (χ1) is 6.20. The average molecular weight is 186 g/mol. The third-order valence-electron chi connectivity index (χ3n) is 2.16. The molecule has 0 amide bonds. The van der Waals surface area contributed by atoms with Gasteiger partial charge in [0.1, 0.15) is 5.78 Å². The van der Waals surface area contributed by atoms with Crippen LogP contribution in [0.25, 0.3) is 0 Å². The summed E-state index contributed by atoms with van der Waals surface area (Å²) in [6, 6.07) is 0. The molecule has 0 aliphatic rings. The summed E-state index contributed by atoms with van der Waals surface area (Å²) in [4.78, 5) is 11.3. The van der Waals surface area contributed by atoms with Crippen LogP contribution in [-0.2, 0) is 9.53 Å². The van der Waals surface area contributed by atoms with Crippen LogP contribution in [-0.4, -0.2) is 19.5 Å². The van der Waals surface area contributed by atoms with E-state index in [0.29, 0.717) is 24.7 Å². The minimum Gasteiger partial charge on any atom is -0.385 e. The minimum absolute atomic E-state index is 0.387. The predicted octanol–water partition coefficient (Wildman–Crippen LogP) is 2.81. The van der Waals surface area contributed by atoms with Crippen LogP contribution in [0.3, 0.4) is 0 Å². The number of ketones is 1. The van der Waals surface area contributed by atoms with Crippen LogP contribution >= 0.6 is 0 Å². The lowest BCUT2D eigenvalue weighted by atomic mass is 9.98. The van der Waals surface area contributed by atoms with Crippen LogP contribution in [0.4, 0.5) is 0 Å². The lowest BCUT2D eigenvalue weighted by Crippen LogP contribution is -2.06. The second-order valence-electron chi connectivity index (χ2n) is 3.73. The molecular formula is C11H22O2. The molecule has 2 heteroatoms. The SMILES string of the molecule is CCCC(C)CC(=O)CCCOC. The van der Waals surface area contributed by atoms with Crippen LogP contribution in [0.2, 0.25) is 0 Å². The first-order valence-corrected chi connectivity index (χ1v) is 5.21. The summed E-state index contributed by atoms with van der Waals surface area (Å²) in [5, 5.41) is 0. The van der Waals surface area contributed by atoms with Gasteiger partial charge in [-0.2, -0.15) is 0 Å². The van der Waals surface area contributed by atoms with Crippen LogP contribution < -0.4 is 0 Å². The highest BCUT2D eigenvalue weighted by atomic mass is 16.5.